The summed E-state index contributed by atoms with van der Waals surface area (Å²) in [6.07, 6.45) is 0. The lowest BCUT2D eigenvalue weighted by atomic mass is 9.98. The average molecular weight is 396 g/mol. The fourth-order valence-electron chi connectivity index (χ4n) is 2.77. The molecule has 0 aliphatic heterocycles. The minimum atomic E-state index is -0.445. The van der Waals surface area contributed by atoms with Crippen LogP contribution in [0.2, 0.25) is 5.02 Å². The van der Waals surface area contributed by atoms with Gasteiger partial charge in [-0.2, -0.15) is 0 Å². The molecule has 0 saturated carbocycles. The summed E-state index contributed by atoms with van der Waals surface area (Å²) in [5.41, 5.74) is 1.45. The Morgan fingerprint density at radius 1 is 0.821 bits per heavy atom. The molecule has 0 fully saturated rings. The summed E-state index contributed by atoms with van der Waals surface area (Å²) in [7, 11) is 2.97. The van der Waals surface area contributed by atoms with Crippen LogP contribution in [0.5, 0.6) is 11.5 Å². The first-order valence-corrected chi connectivity index (χ1v) is 8.84. The van der Waals surface area contributed by atoms with Crippen molar-refractivity contribution in [2.75, 3.05) is 19.5 Å². The van der Waals surface area contributed by atoms with Gasteiger partial charge in [0.05, 0.1) is 30.5 Å². The van der Waals surface area contributed by atoms with Gasteiger partial charge in [0, 0.05) is 17.2 Å². The molecule has 0 unspecified atom stereocenters. The minimum Gasteiger partial charge on any atom is -0.495 e. The number of methoxy groups -OCH3 is 2. The fourth-order valence-corrected chi connectivity index (χ4v) is 3.01. The van der Waals surface area contributed by atoms with Gasteiger partial charge in [-0.25, -0.2) is 0 Å². The number of carbonyl (C=O) groups excluding carboxylic acids is 2. The van der Waals surface area contributed by atoms with Crippen molar-refractivity contribution in [3.8, 4) is 11.5 Å². The van der Waals surface area contributed by atoms with Crippen LogP contribution < -0.4 is 14.8 Å². The van der Waals surface area contributed by atoms with Crippen molar-refractivity contribution >= 4 is 29.0 Å². The van der Waals surface area contributed by atoms with Gasteiger partial charge >= 0.3 is 0 Å². The lowest BCUT2D eigenvalue weighted by Gasteiger charge is -2.14. The van der Waals surface area contributed by atoms with Crippen molar-refractivity contribution in [2.24, 2.45) is 0 Å². The molecule has 5 nitrogen and oxygen atoms in total. The van der Waals surface area contributed by atoms with Crippen LogP contribution in [0.4, 0.5) is 5.69 Å². The first-order valence-electron chi connectivity index (χ1n) is 8.46. The van der Waals surface area contributed by atoms with Gasteiger partial charge in [-0.1, -0.05) is 60.1 Å². The second kappa shape index (κ2) is 8.59. The van der Waals surface area contributed by atoms with E-state index < -0.39 is 5.91 Å². The highest BCUT2D eigenvalue weighted by atomic mass is 35.5. The highest BCUT2D eigenvalue weighted by Gasteiger charge is 2.20. The number of anilines is 1. The molecule has 0 aromatic heterocycles. The molecule has 1 N–H and O–H groups in total. The van der Waals surface area contributed by atoms with Crippen LogP contribution in [0.1, 0.15) is 26.3 Å². The Labute approximate surface area is 167 Å². The summed E-state index contributed by atoms with van der Waals surface area (Å²) in [4.78, 5) is 25.8. The van der Waals surface area contributed by atoms with Gasteiger partial charge in [0.25, 0.3) is 5.91 Å². The number of nitrogens with one attached hydrogen (secondary N) is 1. The number of amides is 1. The lowest BCUT2D eigenvalue weighted by molar-refractivity contribution is 0.0996. The third kappa shape index (κ3) is 4.00. The second-order valence-corrected chi connectivity index (χ2v) is 6.29. The van der Waals surface area contributed by atoms with E-state index in [4.69, 9.17) is 21.1 Å². The summed E-state index contributed by atoms with van der Waals surface area (Å²) in [5.74, 6) is 0.142. The highest BCUT2D eigenvalue weighted by molar-refractivity contribution is 6.32. The van der Waals surface area contributed by atoms with E-state index in [0.717, 1.165) is 0 Å². The van der Waals surface area contributed by atoms with Crippen molar-refractivity contribution in [3.63, 3.8) is 0 Å². The van der Waals surface area contributed by atoms with E-state index in [1.165, 1.54) is 14.2 Å². The van der Waals surface area contributed by atoms with Crippen molar-refractivity contribution in [1.82, 2.24) is 0 Å². The molecule has 0 heterocycles. The fraction of sp³-hybridized carbons (Fsp3) is 0.0909. The third-order valence-corrected chi connectivity index (χ3v) is 4.47. The average Bonchev–Trinajstić information content (AvgIpc) is 2.74. The van der Waals surface area contributed by atoms with E-state index in [2.05, 4.69) is 5.32 Å². The monoisotopic (exact) mass is 395 g/mol. The maximum Gasteiger partial charge on any atom is 0.256 e. The highest BCUT2D eigenvalue weighted by Crippen LogP contribution is 2.36. The van der Waals surface area contributed by atoms with Crippen molar-refractivity contribution in [2.45, 2.75) is 0 Å². The van der Waals surface area contributed by atoms with Crippen LogP contribution in [0.25, 0.3) is 0 Å². The molecule has 0 aliphatic rings. The molecule has 1 amide bonds. The maximum atomic E-state index is 12.9. The molecular formula is C22H18ClNO4. The normalized spacial score (nSPS) is 10.2. The standard InChI is InChI=1S/C22H18ClNO4/c1-27-19-13-20(28-2)18(12-17(19)23)24-22(26)16-11-7-6-10-15(16)21(25)14-8-4-3-5-9-14/h3-13H,1-2H3,(H,24,26). The number of benzene rings is 3. The van der Waals surface area contributed by atoms with Gasteiger partial charge in [0.15, 0.2) is 5.78 Å². The summed E-state index contributed by atoms with van der Waals surface area (Å²) in [6.45, 7) is 0. The smallest absolute Gasteiger partial charge is 0.256 e. The molecule has 28 heavy (non-hydrogen) atoms. The Kier molecular flexibility index (Phi) is 5.96. The molecule has 3 rings (SSSR count). The number of halogens is 1. The summed E-state index contributed by atoms with van der Waals surface area (Å²) >= 11 is 6.16. The van der Waals surface area contributed by atoms with Crippen LogP contribution in [-0.2, 0) is 0 Å². The zero-order valence-corrected chi connectivity index (χ0v) is 16.1. The second-order valence-electron chi connectivity index (χ2n) is 5.88. The van der Waals surface area contributed by atoms with Crippen LogP contribution >= 0.6 is 11.6 Å². The van der Waals surface area contributed by atoms with E-state index in [1.54, 1.807) is 60.7 Å². The third-order valence-electron chi connectivity index (χ3n) is 4.17. The molecule has 0 spiro atoms. The molecule has 6 heteroatoms. The van der Waals surface area contributed by atoms with Gasteiger partial charge in [0.1, 0.15) is 11.5 Å². The Morgan fingerprint density at radius 3 is 2.07 bits per heavy atom. The summed E-state index contributed by atoms with van der Waals surface area (Å²) in [6, 6.07) is 18.6. The van der Waals surface area contributed by atoms with Gasteiger partial charge in [-0.15, -0.1) is 0 Å². The molecule has 0 bridgehead atoms. The SMILES string of the molecule is COc1cc(OC)c(NC(=O)c2ccccc2C(=O)c2ccccc2)cc1Cl. The number of hydrogen-bond acceptors (Lipinski definition) is 4. The van der Waals surface area contributed by atoms with Crippen LogP contribution in [0, 0.1) is 0 Å². The largest absolute Gasteiger partial charge is 0.495 e. The lowest BCUT2D eigenvalue weighted by Crippen LogP contribution is -2.17. The summed E-state index contributed by atoms with van der Waals surface area (Å²) < 4.78 is 10.5. The van der Waals surface area contributed by atoms with Gasteiger partial charge in [-0.3, -0.25) is 9.59 Å². The van der Waals surface area contributed by atoms with Gasteiger partial charge in [0.2, 0.25) is 0 Å². The Balaban J connectivity index is 1.95. The number of hydrogen-bond donors (Lipinski definition) is 1. The first-order chi connectivity index (χ1) is 13.5. The zero-order chi connectivity index (χ0) is 20.1. The number of rotatable bonds is 6. The van der Waals surface area contributed by atoms with Crippen molar-refractivity contribution in [3.05, 3.63) is 88.4 Å². The number of carbonyl (C=O) groups is 2. The molecule has 0 radical (unpaired) electrons. The van der Waals surface area contributed by atoms with E-state index in [-0.39, 0.29) is 11.3 Å². The Morgan fingerprint density at radius 2 is 1.43 bits per heavy atom. The molecule has 0 saturated heterocycles. The molecular weight excluding hydrogens is 378 g/mol. The van der Waals surface area contributed by atoms with Gasteiger partial charge < -0.3 is 14.8 Å². The van der Waals surface area contributed by atoms with Crippen molar-refractivity contribution < 1.29 is 19.1 Å². The number of ether oxygens (including phenoxy) is 2. The quantitative estimate of drug-likeness (QED) is 0.606. The molecule has 3 aromatic carbocycles. The number of ketones is 1. The van der Waals surface area contributed by atoms with E-state index in [1.807, 2.05) is 6.07 Å². The van der Waals surface area contributed by atoms with E-state index in [9.17, 15) is 9.59 Å². The maximum absolute atomic E-state index is 12.9. The molecule has 142 valence electrons. The van der Waals surface area contributed by atoms with E-state index >= 15 is 0 Å². The predicted molar refractivity (Wildman–Crippen MR) is 109 cm³/mol. The first kappa shape index (κ1) is 19.5. The zero-order valence-electron chi connectivity index (χ0n) is 15.4. The van der Waals surface area contributed by atoms with Crippen molar-refractivity contribution in [1.29, 1.82) is 0 Å². The minimum absolute atomic E-state index is 0.230. The van der Waals surface area contributed by atoms with Crippen LogP contribution in [-0.4, -0.2) is 25.9 Å². The Hall–Kier alpha value is -3.31. The van der Waals surface area contributed by atoms with Crippen LogP contribution in [0.3, 0.4) is 0 Å². The molecule has 0 atom stereocenters. The molecule has 0 aliphatic carbocycles. The van der Waals surface area contributed by atoms with Gasteiger partial charge in [-0.05, 0) is 12.1 Å². The van der Waals surface area contributed by atoms with E-state index in [0.29, 0.717) is 33.3 Å². The molecule has 3 aromatic rings. The Bertz CT molecular complexity index is 1020. The predicted octanol–water partition coefficient (Wildman–Crippen LogP) is 4.84. The topological polar surface area (TPSA) is 64.6 Å². The van der Waals surface area contributed by atoms with Crippen LogP contribution in [0.15, 0.2) is 66.7 Å². The summed E-state index contributed by atoms with van der Waals surface area (Å²) in [5, 5.41) is 3.09.